The van der Waals surface area contributed by atoms with E-state index in [0.717, 1.165) is 20.3 Å². The van der Waals surface area contributed by atoms with Gasteiger partial charge in [-0.2, -0.15) is 5.26 Å². The number of halogens is 2. The topological polar surface area (TPSA) is 36.7 Å². The van der Waals surface area contributed by atoms with Crippen LogP contribution in [0.2, 0.25) is 0 Å². The molecule has 0 unspecified atom stereocenters. The second-order valence-electron chi connectivity index (χ2n) is 2.41. The fourth-order valence-corrected chi connectivity index (χ4v) is 2.15. The van der Waals surface area contributed by atoms with E-state index in [1.165, 1.54) is 0 Å². The molecule has 1 aromatic rings. The molecule has 4 heteroatoms. The van der Waals surface area contributed by atoms with E-state index in [9.17, 15) is 0 Å². The molecule has 1 aromatic heterocycles. The van der Waals surface area contributed by atoms with Gasteiger partial charge in [-0.25, -0.2) is 4.98 Å². The van der Waals surface area contributed by atoms with Crippen LogP contribution in [0.4, 0.5) is 0 Å². The Morgan fingerprint density at radius 1 is 1.33 bits per heavy atom. The van der Waals surface area contributed by atoms with Crippen LogP contribution in [0.5, 0.6) is 0 Å². The van der Waals surface area contributed by atoms with Crippen LogP contribution < -0.4 is 0 Å². The molecule has 0 N–H and O–H groups in total. The fraction of sp³-hybridized carbons (Fsp3) is 0.250. The second-order valence-corrected chi connectivity index (χ2v) is 3.96. The summed E-state index contributed by atoms with van der Waals surface area (Å²) < 4.78 is 1.61. The third-order valence-corrected chi connectivity index (χ3v) is 3.36. The Labute approximate surface area is 87.9 Å². The van der Waals surface area contributed by atoms with Gasteiger partial charge in [-0.3, -0.25) is 0 Å². The van der Waals surface area contributed by atoms with Gasteiger partial charge in [-0.15, -0.1) is 0 Å². The monoisotopic (exact) mass is 288 g/mol. The minimum absolute atomic E-state index is 0.607. The average molecular weight is 290 g/mol. The SMILES string of the molecule is Cc1nc(Br)c(C)c(Br)c1C#N. The molecule has 0 saturated carbocycles. The van der Waals surface area contributed by atoms with Gasteiger partial charge in [0.15, 0.2) is 0 Å². The summed E-state index contributed by atoms with van der Waals surface area (Å²) in [4.78, 5) is 4.17. The van der Waals surface area contributed by atoms with Crippen molar-refractivity contribution in [3.8, 4) is 6.07 Å². The summed E-state index contributed by atoms with van der Waals surface area (Å²) in [7, 11) is 0. The number of rotatable bonds is 0. The molecule has 0 bridgehead atoms. The van der Waals surface area contributed by atoms with Crippen molar-refractivity contribution in [3.63, 3.8) is 0 Å². The van der Waals surface area contributed by atoms with Gasteiger partial charge in [-0.1, -0.05) is 0 Å². The summed E-state index contributed by atoms with van der Waals surface area (Å²) in [5.41, 5.74) is 2.30. The number of aryl methyl sites for hydroxylation is 1. The van der Waals surface area contributed by atoms with E-state index in [0.29, 0.717) is 5.56 Å². The van der Waals surface area contributed by atoms with Crippen molar-refractivity contribution in [1.29, 1.82) is 5.26 Å². The van der Waals surface area contributed by atoms with E-state index in [2.05, 4.69) is 42.9 Å². The molecule has 0 spiro atoms. The van der Waals surface area contributed by atoms with Crippen molar-refractivity contribution in [1.82, 2.24) is 4.98 Å². The Morgan fingerprint density at radius 3 is 2.42 bits per heavy atom. The van der Waals surface area contributed by atoms with Crippen molar-refractivity contribution in [2.75, 3.05) is 0 Å². The molecule has 0 atom stereocenters. The minimum atomic E-state index is 0.607. The summed E-state index contributed by atoms with van der Waals surface area (Å²) in [5, 5.41) is 8.78. The largest absolute Gasteiger partial charge is 0.245 e. The Bertz CT molecular complexity index is 366. The Hall–Kier alpha value is -0.400. The zero-order valence-electron chi connectivity index (χ0n) is 6.65. The third kappa shape index (κ3) is 1.52. The van der Waals surface area contributed by atoms with E-state index in [-0.39, 0.29) is 0 Å². The van der Waals surface area contributed by atoms with Gasteiger partial charge >= 0.3 is 0 Å². The quantitative estimate of drug-likeness (QED) is 0.688. The molecule has 0 saturated heterocycles. The van der Waals surface area contributed by atoms with Gasteiger partial charge in [0.1, 0.15) is 10.7 Å². The lowest BCUT2D eigenvalue weighted by molar-refractivity contribution is 1.10. The first-order chi connectivity index (χ1) is 5.57. The van der Waals surface area contributed by atoms with Gasteiger partial charge < -0.3 is 0 Å². The van der Waals surface area contributed by atoms with E-state index in [4.69, 9.17) is 5.26 Å². The number of nitriles is 1. The summed E-state index contributed by atoms with van der Waals surface area (Å²) >= 11 is 6.66. The molecule has 0 fully saturated rings. The molecular weight excluding hydrogens is 284 g/mol. The van der Waals surface area contributed by atoms with E-state index in [1.807, 2.05) is 13.8 Å². The first kappa shape index (κ1) is 9.69. The predicted octanol–water partition coefficient (Wildman–Crippen LogP) is 3.10. The van der Waals surface area contributed by atoms with Crippen LogP contribution in [0.1, 0.15) is 16.8 Å². The minimum Gasteiger partial charge on any atom is -0.245 e. The Morgan fingerprint density at radius 2 is 1.92 bits per heavy atom. The Balaban J connectivity index is 3.54. The number of aromatic nitrogens is 1. The fourth-order valence-electron chi connectivity index (χ4n) is 0.854. The maximum absolute atomic E-state index is 8.78. The standard InChI is InChI=1S/C8H6Br2N2/c1-4-7(9)6(3-11)5(2)12-8(4)10/h1-2H3. The molecular formula is C8H6Br2N2. The molecule has 62 valence electrons. The maximum atomic E-state index is 8.78. The van der Waals surface area contributed by atoms with Crippen LogP contribution in [-0.2, 0) is 0 Å². The van der Waals surface area contributed by atoms with Gasteiger partial charge in [0.25, 0.3) is 0 Å². The van der Waals surface area contributed by atoms with E-state index in [1.54, 1.807) is 0 Å². The molecule has 0 aliphatic heterocycles. The summed E-state index contributed by atoms with van der Waals surface area (Å²) in [6, 6.07) is 2.10. The molecule has 0 amide bonds. The van der Waals surface area contributed by atoms with Crippen LogP contribution in [0, 0.1) is 25.2 Å². The molecule has 0 aliphatic rings. The highest BCUT2D eigenvalue weighted by molar-refractivity contribution is 9.11. The smallest absolute Gasteiger partial charge is 0.110 e. The van der Waals surface area contributed by atoms with Crippen molar-refractivity contribution >= 4 is 31.9 Å². The number of hydrogen-bond donors (Lipinski definition) is 0. The van der Waals surface area contributed by atoms with Crippen molar-refractivity contribution in [3.05, 3.63) is 25.9 Å². The third-order valence-electron chi connectivity index (χ3n) is 1.60. The lowest BCUT2D eigenvalue weighted by Crippen LogP contribution is -1.94. The van der Waals surface area contributed by atoms with E-state index >= 15 is 0 Å². The molecule has 1 rings (SSSR count). The van der Waals surface area contributed by atoms with Crippen LogP contribution in [-0.4, -0.2) is 4.98 Å². The van der Waals surface area contributed by atoms with Crippen molar-refractivity contribution < 1.29 is 0 Å². The molecule has 0 radical (unpaired) electrons. The highest BCUT2D eigenvalue weighted by atomic mass is 79.9. The van der Waals surface area contributed by atoms with Crippen molar-refractivity contribution in [2.45, 2.75) is 13.8 Å². The second kappa shape index (κ2) is 3.55. The van der Waals surface area contributed by atoms with E-state index < -0.39 is 0 Å². The van der Waals surface area contributed by atoms with Gasteiger partial charge in [0.2, 0.25) is 0 Å². The van der Waals surface area contributed by atoms with Crippen LogP contribution in [0.25, 0.3) is 0 Å². The first-order valence-electron chi connectivity index (χ1n) is 3.30. The number of hydrogen-bond acceptors (Lipinski definition) is 2. The lowest BCUT2D eigenvalue weighted by Gasteiger charge is -2.04. The van der Waals surface area contributed by atoms with Crippen LogP contribution in [0.15, 0.2) is 9.08 Å². The van der Waals surface area contributed by atoms with Crippen molar-refractivity contribution in [2.24, 2.45) is 0 Å². The number of pyridine rings is 1. The van der Waals surface area contributed by atoms with Gasteiger partial charge in [0, 0.05) is 4.47 Å². The normalized spacial score (nSPS) is 9.58. The Kier molecular flexibility index (Phi) is 2.86. The molecule has 12 heavy (non-hydrogen) atoms. The van der Waals surface area contributed by atoms with Crippen LogP contribution >= 0.6 is 31.9 Å². The zero-order chi connectivity index (χ0) is 9.30. The molecule has 2 nitrogen and oxygen atoms in total. The summed E-state index contributed by atoms with van der Waals surface area (Å²) in [6.07, 6.45) is 0. The zero-order valence-corrected chi connectivity index (χ0v) is 9.82. The average Bonchev–Trinajstić information content (AvgIpc) is 2.01. The molecule has 0 aliphatic carbocycles. The molecule has 0 aromatic carbocycles. The molecule has 1 heterocycles. The maximum Gasteiger partial charge on any atom is 0.110 e. The predicted molar refractivity (Wildman–Crippen MR) is 53.8 cm³/mol. The number of nitrogens with zero attached hydrogens (tertiary/aromatic N) is 2. The first-order valence-corrected chi connectivity index (χ1v) is 4.88. The van der Waals surface area contributed by atoms with Crippen LogP contribution in [0.3, 0.4) is 0 Å². The highest BCUT2D eigenvalue weighted by Gasteiger charge is 2.10. The highest BCUT2D eigenvalue weighted by Crippen LogP contribution is 2.27. The summed E-state index contributed by atoms with van der Waals surface area (Å²) in [6.45, 7) is 3.72. The van der Waals surface area contributed by atoms with Gasteiger partial charge in [0.05, 0.1) is 11.3 Å². The van der Waals surface area contributed by atoms with Gasteiger partial charge in [-0.05, 0) is 51.3 Å². The summed E-state index contributed by atoms with van der Waals surface area (Å²) in [5.74, 6) is 0. The lowest BCUT2D eigenvalue weighted by atomic mass is 10.2.